The minimum absolute atomic E-state index is 0. The fourth-order valence-electron chi connectivity index (χ4n) is 5.12. The van der Waals surface area contributed by atoms with Crippen molar-refractivity contribution in [3.63, 3.8) is 0 Å². The zero-order valence-corrected chi connectivity index (χ0v) is 21.3. The number of ether oxygens (including phenoxy) is 1. The van der Waals surface area contributed by atoms with Crippen LogP contribution in [0.15, 0.2) is 24.3 Å². The predicted molar refractivity (Wildman–Crippen MR) is 131 cm³/mol. The van der Waals surface area contributed by atoms with Crippen molar-refractivity contribution in [2.45, 2.75) is 58.2 Å². The zero-order valence-electron chi connectivity index (χ0n) is 19.6. The van der Waals surface area contributed by atoms with Crippen molar-refractivity contribution in [2.75, 3.05) is 26.2 Å². The molecule has 2 unspecified atom stereocenters. The molecule has 7 nitrogen and oxygen atoms in total. The summed E-state index contributed by atoms with van der Waals surface area (Å²) in [5.74, 6) is 0.526. The molecule has 33 heavy (non-hydrogen) atoms. The summed E-state index contributed by atoms with van der Waals surface area (Å²) in [6, 6.07) is 6.98. The van der Waals surface area contributed by atoms with Gasteiger partial charge in [-0.3, -0.25) is 9.59 Å². The maximum Gasteiger partial charge on any atom is 0.410 e. The van der Waals surface area contributed by atoms with Crippen LogP contribution in [0.5, 0.6) is 0 Å². The van der Waals surface area contributed by atoms with Gasteiger partial charge < -0.3 is 19.4 Å². The molecule has 1 aromatic rings. The van der Waals surface area contributed by atoms with E-state index in [-0.39, 0.29) is 43.2 Å². The van der Waals surface area contributed by atoms with Crippen LogP contribution < -0.4 is 0 Å². The van der Waals surface area contributed by atoms with Crippen molar-refractivity contribution in [2.24, 2.45) is 11.8 Å². The molecule has 0 saturated carbocycles. The highest BCUT2D eigenvalue weighted by Gasteiger charge is 2.43. The number of benzene rings is 1. The quantitative estimate of drug-likeness (QED) is 0.641. The van der Waals surface area contributed by atoms with Crippen LogP contribution in [0.2, 0.25) is 5.02 Å². The molecule has 1 aromatic carbocycles. The standard InChI is InChI=1S/C24H32ClN3O4.H2S/c1-24(2,3)32-23(31)27-13-17-10-18(14-27)12-26(11-17)22(30)20-8-9-21(29)28(20)15-16-4-6-19(25)7-5-16;/h4-7,17-18,20H,8-15H2,1-3H3;1H2/t17?,18?,20-;/m0./s1. The van der Waals surface area contributed by atoms with Gasteiger partial charge in [0.05, 0.1) is 0 Å². The van der Waals surface area contributed by atoms with E-state index in [1.54, 1.807) is 21.9 Å². The predicted octanol–water partition coefficient (Wildman–Crippen LogP) is 3.66. The van der Waals surface area contributed by atoms with Gasteiger partial charge in [-0.1, -0.05) is 23.7 Å². The van der Waals surface area contributed by atoms with Gasteiger partial charge >= 0.3 is 6.09 Å². The van der Waals surface area contributed by atoms with Crippen LogP contribution in [0.3, 0.4) is 0 Å². The van der Waals surface area contributed by atoms with Gasteiger partial charge in [0.15, 0.2) is 0 Å². The Morgan fingerprint density at radius 1 is 1.03 bits per heavy atom. The van der Waals surface area contributed by atoms with E-state index in [4.69, 9.17) is 16.3 Å². The first-order chi connectivity index (χ1) is 15.1. The lowest BCUT2D eigenvalue weighted by Crippen LogP contribution is -2.58. The molecule has 3 atom stereocenters. The van der Waals surface area contributed by atoms with Crippen molar-refractivity contribution >= 4 is 43.0 Å². The van der Waals surface area contributed by atoms with E-state index >= 15 is 0 Å². The third kappa shape index (κ3) is 6.15. The van der Waals surface area contributed by atoms with Crippen molar-refractivity contribution in [1.82, 2.24) is 14.7 Å². The van der Waals surface area contributed by atoms with Crippen molar-refractivity contribution in [1.29, 1.82) is 0 Å². The first kappa shape index (κ1) is 25.7. The first-order valence-corrected chi connectivity index (χ1v) is 11.8. The number of amides is 3. The van der Waals surface area contributed by atoms with E-state index in [1.165, 1.54) is 0 Å². The van der Waals surface area contributed by atoms with E-state index < -0.39 is 11.6 Å². The number of halogens is 1. The molecule has 3 aliphatic heterocycles. The molecule has 0 aliphatic carbocycles. The second-order valence-electron chi connectivity index (χ2n) is 10.3. The summed E-state index contributed by atoms with van der Waals surface area (Å²) < 4.78 is 5.54. The molecule has 0 spiro atoms. The third-order valence-electron chi connectivity index (χ3n) is 6.42. The Labute approximate surface area is 207 Å². The molecule has 3 aliphatic rings. The topological polar surface area (TPSA) is 70.2 Å². The molecule has 9 heteroatoms. The molecular formula is C24H34ClN3O4S. The van der Waals surface area contributed by atoms with Crippen LogP contribution in [0.4, 0.5) is 4.79 Å². The third-order valence-corrected chi connectivity index (χ3v) is 6.68. The van der Waals surface area contributed by atoms with Gasteiger partial charge in [-0.2, -0.15) is 13.5 Å². The fourth-order valence-corrected chi connectivity index (χ4v) is 5.25. The number of likely N-dealkylation sites (tertiary alicyclic amines) is 3. The van der Waals surface area contributed by atoms with Crippen LogP contribution in [-0.2, 0) is 20.9 Å². The van der Waals surface area contributed by atoms with Gasteiger partial charge in [-0.15, -0.1) is 0 Å². The average Bonchev–Trinajstić information content (AvgIpc) is 3.07. The number of carbonyl (C=O) groups excluding carboxylic acids is 3. The second kappa shape index (κ2) is 10.1. The minimum atomic E-state index is -0.520. The summed E-state index contributed by atoms with van der Waals surface area (Å²) in [5.41, 5.74) is 0.444. The number of rotatable bonds is 3. The lowest BCUT2D eigenvalue weighted by atomic mass is 9.84. The maximum absolute atomic E-state index is 13.4. The number of piperidine rings is 2. The highest BCUT2D eigenvalue weighted by atomic mass is 35.5. The molecule has 4 rings (SSSR count). The van der Waals surface area contributed by atoms with E-state index in [1.807, 2.05) is 37.8 Å². The van der Waals surface area contributed by atoms with Crippen LogP contribution >= 0.6 is 25.1 Å². The molecule has 3 fully saturated rings. The molecule has 3 heterocycles. The number of nitrogens with zero attached hydrogens (tertiary/aromatic N) is 3. The molecular weight excluding hydrogens is 462 g/mol. The maximum atomic E-state index is 13.4. The Balaban J connectivity index is 0.00000306. The molecule has 0 N–H and O–H groups in total. The Morgan fingerprint density at radius 3 is 2.18 bits per heavy atom. The average molecular weight is 496 g/mol. The number of carbonyl (C=O) groups is 3. The normalized spacial score (nSPS) is 25.0. The molecule has 0 aromatic heterocycles. The Bertz CT molecular complexity index is 875. The molecule has 182 valence electrons. The van der Waals surface area contributed by atoms with Gasteiger partial charge in [-0.25, -0.2) is 4.79 Å². The van der Waals surface area contributed by atoms with Crippen molar-refractivity contribution < 1.29 is 19.1 Å². The van der Waals surface area contributed by atoms with E-state index in [2.05, 4.69) is 0 Å². The Hall–Kier alpha value is -1.93. The smallest absolute Gasteiger partial charge is 0.410 e. The summed E-state index contributed by atoms with van der Waals surface area (Å²) >= 11 is 5.97. The number of fused-ring (bicyclic) bond motifs is 2. The minimum Gasteiger partial charge on any atom is -0.444 e. The van der Waals surface area contributed by atoms with Crippen LogP contribution in [-0.4, -0.2) is 70.4 Å². The van der Waals surface area contributed by atoms with E-state index in [0.29, 0.717) is 50.6 Å². The van der Waals surface area contributed by atoms with E-state index in [9.17, 15) is 14.4 Å². The van der Waals surface area contributed by atoms with E-state index in [0.717, 1.165) is 12.0 Å². The Kier molecular flexibility index (Phi) is 7.89. The summed E-state index contributed by atoms with van der Waals surface area (Å²) in [7, 11) is 0. The van der Waals surface area contributed by atoms with Gasteiger partial charge in [0.1, 0.15) is 11.6 Å². The van der Waals surface area contributed by atoms with Gasteiger partial charge in [0.2, 0.25) is 11.8 Å². The monoisotopic (exact) mass is 495 g/mol. The summed E-state index contributed by atoms with van der Waals surface area (Å²) in [5, 5.41) is 0.648. The lowest BCUT2D eigenvalue weighted by molar-refractivity contribution is -0.145. The fraction of sp³-hybridized carbons (Fsp3) is 0.625. The van der Waals surface area contributed by atoms with Crippen LogP contribution in [0.25, 0.3) is 0 Å². The van der Waals surface area contributed by atoms with Crippen molar-refractivity contribution in [3.05, 3.63) is 34.9 Å². The largest absolute Gasteiger partial charge is 0.444 e. The van der Waals surface area contributed by atoms with Crippen LogP contribution in [0.1, 0.15) is 45.6 Å². The molecule has 3 saturated heterocycles. The Morgan fingerprint density at radius 2 is 1.61 bits per heavy atom. The number of hydrogen-bond donors (Lipinski definition) is 0. The van der Waals surface area contributed by atoms with Crippen LogP contribution in [0, 0.1) is 11.8 Å². The SMILES string of the molecule is CC(C)(C)OC(=O)N1CC2CC(C1)CN(C(=O)[C@@H]1CCC(=O)N1Cc1ccc(Cl)cc1)C2.S. The summed E-state index contributed by atoms with van der Waals surface area (Å²) in [6.45, 7) is 8.47. The van der Waals surface area contributed by atoms with Gasteiger partial charge in [-0.05, 0) is 63.1 Å². The van der Waals surface area contributed by atoms with Gasteiger partial charge in [0, 0.05) is 44.2 Å². The molecule has 2 bridgehead atoms. The zero-order chi connectivity index (χ0) is 23.0. The molecule has 0 radical (unpaired) electrons. The van der Waals surface area contributed by atoms with Gasteiger partial charge in [0.25, 0.3) is 0 Å². The lowest BCUT2D eigenvalue weighted by Gasteiger charge is -2.46. The van der Waals surface area contributed by atoms with Crippen molar-refractivity contribution in [3.8, 4) is 0 Å². The summed E-state index contributed by atoms with van der Waals surface area (Å²) in [6.07, 6.45) is 1.70. The summed E-state index contributed by atoms with van der Waals surface area (Å²) in [4.78, 5) is 43.9. The second-order valence-corrected chi connectivity index (χ2v) is 10.7. The first-order valence-electron chi connectivity index (χ1n) is 11.4. The highest BCUT2D eigenvalue weighted by Crippen LogP contribution is 2.32. The highest BCUT2D eigenvalue weighted by molar-refractivity contribution is 7.59. The molecule has 3 amide bonds. The number of hydrogen-bond acceptors (Lipinski definition) is 4.